The number of hydrogen-bond donors (Lipinski definition) is 0. The van der Waals surface area contributed by atoms with Crippen LogP contribution in [-0.2, 0) is 12.7 Å². The summed E-state index contributed by atoms with van der Waals surface area (Å²) in [5, 5.41) is 18.7. The van der Waals surface area contributed by atoms with Crippen LogP contribution in [0.1, 0.15) is 21.6 Å². The van der Waals surface area contributed by atoms with Crippen LogP contribution >= 0.6 is 0 Å². The molecule has 180 valence electrons. The molecular weight excluding hydrogens is 473 g/mol. The maximum absolute atomic E-state index is 13.8. The number of nitrogens with zero attached hydrogens (tertiary/aromatic N) is 4. The summed E-state index contributed by atoms with van der Waals surface area (Å²) >= 11 is 0. The number of carboxylic acids is 1. The standard InChI is InChI=1S/C26H17F3N4O3/c27-26(28,29)21-14-19(10-11-20(21)17-4-2-1-3-5-17)24-30-23(32-36-24)18-8-6-16(7-9-18)15-33-13-12-22(31-33)25(34)35/h1-14H,15H2,(H,34,35)/p-1. The zero-order chi connectivity index (χ0) is 25.3. The number of aromatic nitrogens is 4. The monoisotopic (exact) mass is 489 g/mol. The van der Waals surface area contributed by atoms with Crippen LogP contribution < -0.4 is 5.11 Å². The van der Waals surface area contributed by atoms with Crippen LogP contribution in [0, 0.1) is 0 Å². The Morgan fingerprint density at radius 3 is 2.31 bits per heavy atom. The van der Waals surface area contributed by atoms with Crippen LogP contribution in [0.25, 0.3) is 34.0 Å². The summed E-state index contributed by atoms with van der Waals surface area (Å²) in [5.74, 6) is -1.17. The van der Waals surface area contributed by atoms with E-state index >= 15 is 0 Å². The van der Waals surface area contributed by atoms with Crippen molar-refractivity contribution in [1.29, 1.82) is 0 Å². The number of benzene rings is 3. The van der Waals surface area contributed by atoms with Crippen molar-refractivity contribution >= 4 is 5.97 Å². The summed E-state index contributed by atoms with van der Waals surface area (Å²) < 4.78 is 48.2. The van der Waals surface area contributed by atoms with Gasteiger partial charge in [-0.25, -0.2) is 0 Å². The molecule has 2 aromatic heterocycles. The second kappa shape index (κ2) is 9.14. The lowest BCUT2D eigenvalue weighted by Crippen LogP contribution is -2.23. The fourth-order valence-corrected chi connectivity index (χ4v) is 3.74. The Bertz CT molecular complexity index is 1520. The average molecular weight is 489 g/mol. The van der Waals surface area contributed by atoms with E-state index in [9.17, 15) is 23.1 Å². The zero-order valence-electron chi connectivity index (χ0n) is 18.4. The molecule has 7 nitrogen and oxygen atoms in total. The molecule has 0 saturated carbocycles. The van der Waals surface area contributed by atoms with Crippen molar-refractivity contribution in [2.75, 3.05) is 0 Å². The molecule has 0 atom stereocenters. The molecule has 0 aliphatic carbocycles. The SMILES string of the molecule is O=C([O-])c1ccn(Cc2ccc(-c3noc(-c4ccc(-c5ccccc5)c(C(F)(F)F)c4)n3)cc2)n1. The molecule has 5 aromatic rings. The van der Waals surface area contributed by atoms with Crippen molar-refractivity contribution in [3.05, 3.63) is 102 Å². The first-order chi connectivity index (χ1) is 17.3. The van der Waals surface area contributed by atoms with E-state index < -0.39 is 17.7 Å². The number of halogens is 3. The Morgan fingerprint density at radius 1 is 0.917 bits per heavy atom. The van der Waals surface area contributed by atoms with Crippen molar-refractivity contribution in [3.8, 4) is 34.0 Å². The van der Waals surface area contributed by atoms with Gasteiger partial charge in [-0.1, -0.05) is 65.8 Å². The maximum atomic E-state index is 13.8. The Labute approximate surface area is 202 Å². The van der Waals surface area contributed by atoms with Crippen LogP contribution in [-0.4, -0.2) is 25.9 Å². The van der Waals surface area contributed by atoms with Gasteiger partial charge in [0.05, 0.1) is 18.1 Å². The highest BCUT2D eigenvalue weighted by atomic mass is 19.4. The third-order valence-electron chi connectivity index (χ3n) is 5.49. The van der Waals surface area contributed by atoms with Crippen LogP contribution in [0.5, 0.6) is 0 Å². The first-order valence-electron chi connectivity index (χ1n) is 10.7. The minimum Gasteiger partial charge on any atom is -0.543 e. The Hall–Kier alpha value is -4.73. The number of aromatic carboxylic acids is 1. The fraction of sp³-hybridized carbons (Fsp3) is 0.0769. The normalized spacial score (nSPS) is 11.5. The van der Waals surface area contributed by atoms with Crippen molar-refractivity contribution in [2.45, 2.75) is 12.7 Å². The van der Waals surface area contributed by atoms with Gasteiger partial charge >= 0.3 is 6.18 Å². The summed E-state index contributed by atoms with van der Waals surface area (Å²) in [6.07, 6.45) is -3.04. The molecule has 10 heteroatoms. The molecule has 0 amide bonds. The summed E-state index contributed by atoms with van der Waals surface area (Å²) in [5.41, 5.74) is 1.15. The summed E-state index contributed by atoms with van der Waals surface area (Å²) in [6, 6.07) is 20.6. The summed E-state index contributed by atoms with van der Waals surface area (Å²) in [7, 11) is 0. The van der Waals surface area contributed by atoms with Crippen molar-refractivity contribution in [3.63, 3.8) is 0 Å². The lowest BCUT2D eigenvalue weighted by molar-refractivity contribution is -0.255. The molecule has 0 spiro atoms. The predicted molar refractivity (Wildman–Crippen MR) is 121 cm³/mol. The molecular formula is C26H16F3N4O3-. The van der Waals surface area contributed by atoms with Gasteiger partial charge in [0, 0.05) is 17.3 Å². The highest BCUT2D eigenvalue weighted by molar-refractivity contribution is 5.83. The van der Waals surface area contributed by atoms with Crippen molar-refractivity contribution in [1.82, 2.24) is 19.9 Å². The molecule has 5 rings (SSSR count). The van der Waals surface area contributed by atoms with Gasteiger partial charge in [0.2, 0.25) is 5.82 Å². The van der Waals surface area contributed by atoms with Crippen LogP contribution in [0.4, 0.5) is 13.2 Å². The van der Waals surface area contributed by atoms with E-state index in [1.54, 1.807) is 54.6 Å². The Morgan fingerprint density at radius 2 is 1.64 bits per heavy atom. The van der Waals surface area contributed by atoms with Gasteiger partial charge in [0.1, 0.15) is 5.69 Å². The van der Waals surface area contributed by atoms with Crippen LogP contribution in [0.2, 0.25) is 0 Å². The molecule has 0 radical (unpaired) electrons. The molecule has 2 heterocycles. The average Bonchev–Trinajstić information content (AvgIpc) is 3.55. The quantitative estimate of drug-likeness (QED) is 0.343. The molecule has 0 N–H and O–H groups in total. The third kappa shape index (κ3) is 4.74. The molecule has 0 bridgehead atoms. The molecule has 0 saturated heterocycles. The largest absolute Gasteiger partial charge is 0.543 e. The number of alkyl halides is 3. The van der Waals surface area contributed by atoms with E-state index in [0.717, 1.165) is 11.6 Å². The number of carbonyl (C=O) groups is 1. The maximum Gasteiger partial charge on any atom is 0.417 e. The lowest BCUT2D eigenvalue weighted by atomic mass is 9.97. The smallest absolute Gasteiger partial charge is 0.417 e. The fourth-order valence-electron chi connectivity index (χ4n) is 3.74. The van der Waals surface area contributed by atoms with Crippen LogP contribution in [0.15, 0.2) is 89.6 Å². The second-order valence-corrected chi connectivity index (χ2v) is 7.93. The van der Waals surface area contributed by atoms with E-state index in [1.165, 1.54) is 29.1 Å². The predicted octanol–water partition coefficient (Wildman–Crippen LogP) is 4.70. The van der Waals surface area contributed by atoms with Gasteiger partial charge in [-0.05, 0) is 34.9 Å². The molecule has 36 heavy (non-hydrogen) atoms. The van der Waals surface area contributed by atoms with E-state index in [0.29, 0.717) is 17.7 Å². The Kier molecular flexibility index (Phi) is 5.85. The van der Waals surface area contributed by atoms with Gasteiger partial charge in [-0.2, -0.15) is 23.3 Å². The zero-order valence-corrected chi connectivity index (χ0v) is 18.4. The molecule has 0 unspecified atom stereocenters. The molecule has 3 aromatic carbocycles. The van der Waals surface area contributed by atoms with Gasteiger partial charge in [-0.15, -0.1) is 0 Å². The van der Waals surface area contributed by atoms with Crippen molar-refractivity contribution < 1.29 is 27.6 Å². The topological polar surface area (TPSA) is 96.9 Å². The van der Waals surface area contributed by atoms with E-state index in [4.69, 9.17) is 4.52 Å². The summed E-state index contributed by atoms with van der Waals surface area (Å²) in [6.45, 7) is 0.332. The molecule has 0 fully saturated rings. The molecule has 0 aliphatic rings. The van der Waals surface area contributed by atoms with Gasteiger partial charge in [0.15, 0.2) is 0 Å². The molecule has 0 aliphatic heterocycles. The number of rotatable bonds is 6. The second-order valence-electron chi connectivity index (χ2n) is 7.93. The number of carboxylic acid groups (broad SMARTS) is 1. The van der Waals surface area contributed by atoms with E-state index in [1.807, 2.05) is 0 Å². The Balaban J connectivity index is 1.39. The van der Waals surface area contributed by atoms with Crippen LogP contribution in [0.3, 0.4) is 0 Å². The van der Waals surface area contributed by atoms with Crippen molar-refractivity contribution in [2.24, 2.45) is 0 Å². The number of hydrogen-bond acceptors (Lipinski definition) is 6. The lowest BCUT2D eigenvalue weighted by Gasteiger charge is -2.14. The van der Waals surface area contributed by atoms with E-state index in [-0.39, 0.29) is 28.5 Å². The first-order valence-corrected chi connectivity index (χ1v) is 10.7. The van der Waals surface area contributed by atoms with Gasteiger partial charge < -0.3 is 14.4 Å². The first kappa shape index (κ1) is 23.0. The van der Waals surface area contributed by atoms with Gasteiger partial charge in [-0.3, -0.25) is 4.68 Å². The van der Waals surface area contributed by atoms with E-state index in [2.05, 4.69) is 15.2 Å². The number of carbonyl (C=O) groups excluding carboxylic acids is 1. The summed E-state index contributed by atoms with van der Waals surface area (Å²) in [4.78, 5) is 15.1. The minimum atomic E-state index is -4.57. The highest BCUT2D eigenvalue weighted by Crippen LogP contribution is 2.39. The minimum absolute atomic E-state index is 0.0365. The van der Waals surface area contributed by atoms with Gasteiger partial charge in [0.25, 0.3) is 5.89 Å². The third-order valence-corrected chi connectivity index (χ3v) is 5.49. The highest BCUT2D eigenvalue weighted by Gasteiger charge is 2.34.